The summed E-state index contributed by atoms with van der Waals surface area (Å²) in [5.74, 6) is 0. The van der Waals surface area contributed by atoms with Gasteiger partial charge in [0.05, 0.1) is 16.1 Å². The summed E-state index contributed by atoms with van der Waals surface area (Å²) in [6.07, 6.45) is -0.210. The molecule has 1 N–H and O–H groups in total. The van der Waals surface area contributed by atoms with E-state index in [4.69, 9.17) is 23.2 Å². The van der Waals surface area contributed by atoms with Gasteiger partial charge in [-0.2, -0.15) is 4.31 Å². The summed E-state index contributed by atoms with van der Waals surface area (Å²) in [7, 11) is -3.76. The first-order chi connectivity index (χ1) is 8.32. The molecule has 18 heavy (non-hydrogen) atoms. The molecule has 0 bridgehead atoms. The average Bonchev–Trinajstić information content (AvgIpc) is 2.63. The molecule has 2 rings (SSSR count). The first-order valence-corrected chi connectivity index (χ1v) is 8.14. The van der Waals surface area contributed by atoms with E-state index in [9.17, 15) is 13.5 Å². The third-order valence-electron chi connectivity index (χ3n) is 2.69. The predicted octanol–water partition coefficient (Wildman–Crippen LogP) is 2.51. The molecule has 1 fully saturated rings. The molecule has 0 aliphatic carbocycles. The van der Waals surface area contributed by atoms with Gasteiger partial charge in [-0.3, -0.25) is 0 Å². The van der Waals surface area contributed by atoms with Crippen LogP contribution in [0, 0.1) is 0 Å². The van der Waals surface area contributed by atoms with Gasteiger partial charge in [0.2, 0.25) is 10.0 Å². The molecule has 8 heteroatoms. The van der Waals surface area contributed by atoms with Crippen molar-refractivity contribution in [3.8, 4) is 0 Å². The normalized spacial score (nSPS) is 21.4. The summed E-state index contributed by atoms with van der Waals surface area (Å²) in [4.78, 5) is -0.108. The molecular weight excluding hydrogens is 365 g/mol. The van der Waals surface area contributed by atoms with Gasteiger partial charge in [-0.1, -0.05) is 39.1 Å². The molecule has 1 saturated heterocycles. The fourth-order valence-electron chi connectivity index (χ4n) is 1.83. The number of hydrogen-bond acceptors (Lipinski definition) is 3. The van der Waals surface area contributed by atoms with Gasteiger partial charge >= 0.3 is 0 Å². The number of β-amino-alcohol motifs (C(OH)–C–C–N with tert-alkyl or cyclic N) is 1. The third kappa shape index (κ3) is 2.69. The standard InChI is InChI=1S/C10H10BrCl2NO3S/c11-6-3-8(12)10(9(13)4-6)18(16,17)14-2-1-7(15)5-14/h3-4,7,15H,1-2,5H2. The monoisotopic (exact) mass is 373 g/mol. The molecule has 4 nitrogen and oxygen atoms in total. The van der Waals surface area contributed by atoms with Crippen LogP contribution in [0.2, 0.25) is 10.0 Å². The van der Waals surface area contributed by atoms with Gasteiger partial charge in [0.15, 0.2) is 0 Å². The van der Waals surface area contributed by atoms with E-state index in [0.717, 1.165) is 0 Å². The molecule has 1 atom stereocenters. The highest BCUT2D eigenvalue weighted by atomic mass is 79.9. The van der Waals surface area contributed by atoms with Crippen LogP contribution in [-0.2, 0) is 10.0 Å². The van der Waals surface area contributed by atoms with E-state index in [1.165, 1.54) is 16.4 Å². The van der Waals surface area contributed by atoms with Crippen molar-refractivity contribution < 1.29 is 13.5 Å². The Hall–Kier alpha value is 0.150. The van der Waals surface area contributed by atoms with Crippen LogP contribution in [0.5, 0.6) is 0 Å². The van der Waals surface area contributed by atoms with E-state index < -0.39 is 16.1 Å². The summed E-state index contributed by atoms with van der Waals surface area (Å²) in [5, 5.41) is 9.54. The molecule has 0 aromatic heterocycles. The van der Waals surface area contributed by atoms with Crippen LogP contribution < -0.4 is 0 Å². The summed E-state index contributed by atoms with van der Waals surface area (Å²) in [5.41, 5.74) is 0. The number of aliphatic hydroxyl groups excluding tert-OH is 1. The van der Waals surface area contributed by atoms with Gasteiger partial charge in [-0.15, -0.1) is 0 Å². The summed E-state index contributed by atoms with van der Waals surface area (Å²) in [6.45, 7) is 0.345. The Morgan fingerprint density at radius 3 is 2.33 bits per heavy atom. The zero-order chi connectivity index (χ0) is 13.5. The fraction of sp³-hybridized carbons (Fsp3) is 0.400. The Labute approximate surface area is 124 Å². The predicted molar refractivity (Wildman–Crippen MR) is 73.5 cm³/mol. The van der Waals surface area contributed by atoms with Crippen molar-refractivity contribution in [3.05, 3.63) is 26.7 Å². The maximum absolute atomic E-state index is 12.4. The van der Waals surface area contributed by atoms with E-state index >= 15 is 0 Å². The molecule has 1 heterocycles. The van der Waals surface area contributed by atoms with Gasteiger partial charge in [0.25, 0.3) is 0 Å². The number of nitrogens with zero attached hydrogens (tertiary/aromatic N) is 1. The molecule has 0 amide bonds. The lowest BCUT2D eigenvalue weighted by molar-refractivity contribution is 0.189. The lowest BCUT2D eigenvalue weighted by Crippen LogP contribution is -2.30. The van der Waals surface area contributed by atoms with Crippen LogP contribution in [0.1, 0.15) is 6.42 Å². The lowest BCUT2D eigenvalue weighted by Gasteiger charge is -2.17. The minimum absolute atomic E-state index is 0.0655. The number of hydrogen-bond donors (Lipinski definition) is 1. The van der Waals surface area contributed by atoms with Crippen LogP contribution in [-0.4, -0.2) is 37.0 Å². The minimum Gasteiger partial charge on any atom is -0.392 e. The number of halogens is 3. The van der Waals surface area contributed by atoms with Gasteiger partial charge in [0.1, 0.15) is 4.90 Å². The second-order valence-corrected chi connectivity index (χ2v) is 7.61. The molecule has 1 aliphatic rings. The average molecular weight is 375 g/mol. The van der Waals surface area contributed by atoms with Crippen LogP contribution in [0.3, 0.4) is 0 Å². The quantitative estimate of drug-likeness (QED) is 0.865. The lowest BCUT2D eigenvalue weighted by atomic mass is 10.3. The van der Waals surface area contributed by atoms with Crippen molar-refractivity contribution >= 4 is 49.2 Å². The first kappa shape index (κ1) is 14.6. The maximum Gasteiger partial charge on any atom is 0.246 e. The smallest absolute Gasteiger partial charge is 0.246 e. The van der Waals surface area contributed by atoms with E-state index in [1.54, 1.807) is 0 Å². The van der Waals surface area contributed by atoms with E-state index in [0.29, 0.717) is 10.9 Å². The Morgan fingerprint density at radius 1 is 1.33 bits per heavy atom. The highest BCUT2D eigenvalue weighted by Crippen LogP contribution is 2.35. The Bertz CT molecular complexity index is 555. The Balaban J connectivity index is 2.48. The van der Waals surface area contributed by atoms with Gasteiger partial charge in [-0.25, -0.2) is 8.42 Å². The van der Waals surface area contributed by atoms with Crippen LogP contribution >= 0.6 is 39.1 Å². The number of aliphatic hydroxyl groups is 1. The van der Waals surface area contributed by atoms with Crippen molar-refractivity contribution in [2.24, 2.45) is 0 Å². The van der Waals surface area contributed by atoms with Gasteiger partial charge in [-0.05, 0) is 18.6 Å². The van der Waals surface area contributed by atoms with Crippen molar-refractivity contribution in [1.29, 1.82) is 0 Å². The zero-order valence-electron chi connectivity index (χ0n) is 9.11. The largest absolute Gasteiger partial charge is 0.392 e. The zero-order valence-corrected chi connectivity index (χ0v) is 13.0. The van der Waals surface area contributed by atoms with Crippen LogP contribution in [0.15, 0.2) is 21.5 Å². The molecule has 1 unspecified atom stereocenters. The second kappa shape index (κ2) is 5.26. The molecule has 0 radical (unpaired) electrons. The van der Waals surface area contributed by atoms with Crippen molar-refractivity contribution in [2.75, 3.05) is 13.1 Å². The molecular formula is C10H10BrCl2NO3S. The minimum atomic E-state index is -3.76. The van der Waals surface area contributed by atoms with E-state index in [1.807, 2.05) is 0 Å². The van der Waals surface area contributed by atoms with E-state index in [-0.39, 0.29) is 28.0 Å². The summed E-state index contributed by atoms with van der Waals surface area (Å²) < 4.78 is 26.5. The van der Waals surface area contributed by atoms with Gasteiger partial charge < -0.3 is 5.11 Å². The fourth-order valence-corrected chi connectivity index (χ4v) is 5.21. The Kier molecular flexibility index (Phi) is 4.26. The van der Waals surface area contributed by atoms with Crippen molar-refractivity contribution in [2.45, 2.75) is 17.4 Å². The van der Waals surface area contributed by atoms with Gasteiger partial charge in [0, 0.05) is 17.6 Å². The number of benzene rings is 1. The molecule has 1 aromatic rings. The molecule has 100 valence electrons. The third-order valence-corrected chi connectivity index (χ3v) is 5.93. The van der Waals surface area contributed by atoms with Crippen LogP contribution in [0.25, 0.3) is 0 Å². The molecule has 0 saturated carbocycles. The maximum atomic E-state index is 12.4. The number of rotatable bonds is 2. The van der Waals surface area contributed by atoms with Crippen molar-refractivity contribution in [3.63, 3.8) is 0 Å². The highest BCUT2D eigenvalue weighted by molar-refractivity contribution is 9.10. The molecule has 0 spiro atoms. The van der Waals surface area contributed by atoms with Crippen LogP contribution in [0.4, 0.5) is 0 Å². The second-order valence-electron chi connectivity index (χ2n) is 4.00. The summed E-state index contributed by atoms with van der Waals surface area (Å²) >= 11 is 15.1. The SMILES string of the molecule is O=S(=O)(c1c(Cl)cc(Br)cc1Cl)N1CCC(O)C1. The van der Waals surface area contributed by atoms with E-state index in [2.05, 4.69) is 15.9 Å². The molecule has 1 aliphatic heterocycles. The van der Waals surface area contributed by atoms with Crippen molar-refractivity contribution in [1.82, 2.24) is 4.31 Å². The number of sulfonamides is 1. The first-order valence-electron chi connectivity index (χ1n) is 5.15. The summed E-state index contributed by atoms with van der Waals surface area (Å²) in [6, 6.07) is 2.96. The topological polar surface area (TPSA) is 57.6 Å². The molecule has 1 aromatic carbocycles. The Morgan fingerprint density at radius 2 is 1.89 bits per heavy atom. The highest BCUT2D eigenvalue weighted by Gasteiger charge is 2.34.